The van der Waals surface area contributed by atoms with Crippen molar-refractivity contribution in [3.05, 3.63) is 35.4 Å². The third kappa shape index (κ3) is 3.70. The summed E-state index contributed by atoms with van der Waals surface area (Å²) in [5.41, 5.74) is 2.86. The smallest absolute Gasteiger partial charge is 0.271 e. The van der Waals surface area contributed by atoms with E-state index in [-0.39, 0.29) is 6.04 Å². The molecule has 1 unspecified atom stereocenters. The van der Waals surface area contributed by atoms with Crippen LogP contribution in [-0.4, -0.2) is 6.04 Å². The van der Waals surface area contributed by atoms with Crippen LogP contribution in [0.1, 0.15) is 36.8 Å². The summed E-state index contributed by atoms with van der Waals surface area (Å²) in [4.78, 5) is 0. The van der Waals surface area contributed by atoms with Crippen LogP contribution in [0.15, 0.2) is 24.3 Å². The number of alkyl halides is 3. The molecule has 1 atom stereocenters. The number of nitrogens with one attached hydrogen (secondary N) is 1. The van der Waals surface area contributed by atoms with Gasteiger partial charge in [-0.05, 0) is 36.8 Å². The Bertz CT molecular complexity index is 411. The largest absolute Gasteiger partial charge is 0.416 e. The second-order valence-electron chi connectivity index (χ2n) is 5.22. The molecule has 0 spiro atoms. The van der Waals surface area contributed by atoms with Gasteiger partial charge in [0.05, 0.1) is 5.56 Å². The number of hydrogen-bond acceptors (Lipinski definition) is 2. The zero-order valence-electron chi connectivity index (χ0n) is 10.7. The Morgan fingerprint density at radius 2 is 1.95 bits per heavy atom. The summed E-state index contributed by atoms with van der Waals surface area (Å²) < 4.78 is 37.9. The van der Waals surface area contributed by atoms with E-state index in [2.05, 4.69) is 5.43 Å². The molecule has 0 aromatic heterocycles. The molecule has 1 saturated carbocycles. The summed E-state index contributed by atoms with van der Waals surface area (Å²) >= 11 is 0. The quantitative estimate of drug-likeness (QED) is 0.652. The first-order chi connectivity index (χ1) is 9.00. The Morgan fingerprint density at radius 3 is 2.53 bits per heavy atom. The Labute approximate surface area is 111 Å². The van der Waals surface area contributed by atoms with Gasteiger partial charge in [-0.3, -0.25) is 11.3 Å². The molecule has 1 aliphatic rings. The summed E-state index contributed by atoms with van der Waals surface area (Å²) in [6.07, 6.45) is 0.846. The summed E-state index contributed by atoms with van der Waals surface area (Å²) in [6.45, 7) is 0. The van der Waals surface area contributed by atoms with E-state index in [4.69, 9.17) is 5.84 Å². The van der Waals surface area contributed by atoms with Crippen LogP contribution in [0.5, 0.6) is 0 Å². The minimum absolute atomic E-state index is 0.0611. The monoisotopic (exact) mass is 272 g/mol. The van der Waals surface area contributed by atoms with E-state index in [1.807, 2.05) is 0 Å². The van der Waals surface area contributed by atoms with Gasteiger partial charge in [-0.2, -0.15) is 13.2 Å². The van der Waals surface area contributed by atoms with Gasteiger partial charge in [0.1, 0.15) is 0 Å². The second kappa shape index (κ2) is 5.92. The Kier molecular flexibility index (Phi) is 4.47. The van der Waals surface area contributed by atoms with Crippen LogP contribution in [0.4, 0.5) is 13.2 Å². The standard InChI is InChI=1S/C14H19F3N2/c15-14(16,17)12-7-3-4-10(8-12)9-13(19-18)11-5-1-2-6-11/h3-4,7-8,11,13,19H,1-2,5-6,9,18H2. The first-order valence-corrected chi connectivity index (χ1v) is 6.63. The van der Waals surface area contributed by atoms with Crippen molar-refractivity contribution in [3.63, 3.8) is 0 Å². The first-order valence-electron chi connectivity index (χ1n) is 6.63. The van der Waals surface area contributed by atoms with Crippen molar-refractivity contribution in [1.29, 1.82) is 0 Å². The number of hydrogen-bond donors (Lipinski definition) is 2. The molecule has 0 aliphatic heterocycles. The fourth-order valence-electron chi connectivity index (χ4n) is 2.85. The van der Waals surface area contributed by atoms with Crippen LogP contribution in [0, 0.1) is 5.92 Å². The maximum Gasteiger partial charge on any atom is 0.416 e. The molecule has 2 nitrogen and oxygen atoms in total. The van der Waals surface area contributed by atoms with Crippen molar-refractivity contribution in [2.45, 2.75) is 44.3 Å². The van der Waals surface area contributed by atoms with Gasteiger partial charge in [-0.25, -0.2) is 0 Å². The molecule has 0 heterocycles. The molecular weight excluding hydrogens is 253 g/mol. The summed E-state index contributed by atoms with van der Waals surface area (Å²) in [6, 6.07) is 5.57. The van der Waals surface area contributed by atoms with Crippen molar-refractivity contribution < 1.29 is 13.2 Å². The van der Waals surface area contributed by atoms with E-state index in [1.165, 1.54) is 25.0 Å². The molecule has 1 aromatic rings. The van der Waals surface area contributed by atoms with Crippen LogP contribution >= 0.6 is 0 Å². The molecule has 106 valence electrons. The zero-order valence-corrected chi connectivity index (χ0v) is 10.7. The fourth-order valence-corrected chi connectivity index (χ4v) is 2.85. The molecule has 0 saturated heterocycles. The van der Waals surface area contributed by atoms with E-state index in [1.54, 1.807) is 6.07 Å². The van der Waals surface area contributed by atoms with Crippen LogP contribution in [0.25, 0.3) is 0 Å². The SMILES string of the molecule is NNC(Cc1cccc(C(F)(F)F)c1)C1CCCC1. The van der Waals surface area contributed by atoms with Gasteiger partial charge < -0.3 is 0 Å². The number of hydrazine groups is 1. The van der Waals surface area contributed by atoms with Crippen molar-refractivity contribution in [2.75, 3.05) is 0 Å². The minimum atomic E-state index is -4.28. The van der Waals surface area contributed by atoms with Crippen LogP contribution in [0.3, 0.4) is 0 Å². The lowest BCUT2D eigenvalue weighted by molar-refractivity contribution is -0.137. The molecular formula is C14H19F3N2. The Hall–Kier alpha value is -1.07. The lowest BCUT2D eigenvalue weighted by atomic mass is 9.92. The topological polar surface area (TPSA) is 38.0 Å². The zero-order chi connectivity index (χ0) is 13.9. The second-order valence-corrected chi connectivity index (χ2v) is 5.22. The normalized spacial score (nSPS) is 18.7. The van der Waals surface area contributed by atoms with Crippen LogP contribution in [-0.2, 0) is 12.6 Å². The number of nitrogens with two attached hydrogens (primary N) is 1. The van der Waals surface area contributed by atoms with E-state index >= 15 is 0 Å². The Morgan fingerprint density at radius 1 is 1.26 bits per heavy atom. The Balaban J connectivity index is 2.09. The van der Waals surface area contributed by atoms with Gasteiger partial charge in [0.15, 0.2) is 0 Å². The van der Waals surface area contributed by atoms with E-state index in [0.717, 1.165) is 18.9 Å². The van der Waals surface area contributed by atoms with Crippen LogP contribution in [0.2, 0.25) is 0 Å². The maximum atomic E-state index is 12.6. The predicted molar refractivity (Wildman–Crippen MR) is 68.2 cm³/mol. The third-order valence-corrected chi connectivity index (χ3v) is 3.89. The average Bonchev–Trinajstić information content (AvgIpc) is 2.89. The molecule has 0 amide bonds. The number of benzene rings is 1. The van der Waals surface area contributed by atoms with Gasteiger partial charge in [-0.1, -0.05) is 31.0 Å². The highest BCUT2D eigenvalue weighted by molar-refractivity contribution is 5.26. The first kappa shape index (κ1) is 14.3. The van der Waals surface area contributed by atoms with Crippen molar-refractivity contribution >= 4 is 0 Å². The highest BCUT2D eigenvalue weighted by atomic mass is 19.4. The molecule has 3 N–H and O–H groups in total. The van der Waals surface area contributed by atoms with Crippen molar-refractivity contribution in [2.24, 2.45) is 11.8 Å². The molecule has 0 radical (unpaired) electrons. The summed E-state index contributed by atoms with van der Waals surface area (Å²) in [7, 11) is 0. The maximum absolute atomic E-state index is 12.6. The molecule has 1 fully saturated rings. The van der Waals surface area contributed by atoms with E-state index in [0.29, 0.717) is 17.9 Å². The van der Waals surface area contributed by atoms with E-state index in [9.17, 15) is 13.2 Å². The molecule has 1 aliphatic carbocycles. The van der Waals surface area contributed by atoms with Gasteiger partial charge in [-0.15, -0.1) is 0 Å². The molecule has 2 rings (SSSR count). The summed E-state index contributed by atoms with van der Waals surface area (Å²) in [5.74, 6) is 6.02. The highest BCUT2D eigenvalue weighted by Crippen LogP contribution is 2.31. The molecule has 19 heavy (non-hydrogen) atoms. The lowest BCUT2D eigenvalue weighted by Crippen LogP contribution is -2.41. The van der Waals surface area contributed by atoms with E-state index < -0.39 is 11.7 Å². The average molecular weight is 272 g/mol. The van der Waals surface area contributed by atoms with Crippen LogP contribution < -0.4 is 11.3 Å². The molecule has 1 aromatic carbocycles. The molecule has 5 heteroatoms. The number of halogens is 3. The van der Waals surface area contributed by atoms with Crippen molar-refractivity contribution in [3.8, 4) is 0 Å². The minimum Gasteiger partial charge on any atom is -0.271 e. The predicted octanol–water partition coefficient (Wildman–Crippen LogP) is 3.27. The van der Waals surface area contributed by atoms with Gasteiger partial charge >= 0.3 is 6.18 Å². The lowest BCUT2D eigenvalue weighted by Gasteiger charge is -2.23. The van der Waals surface area contributed by atoms with Gasteiger partial charge in [0.25, 0.3) is 0 Å². The highest BCUT2D eigenvalue weighted by Gasteiger charge is 2.31. The number of rotatable bonds is 4. The van der Waals surface area contributed by atoms with Crippen molar-refractivity contribution in [1.82, 2.24) is 5.43 Å². The molecule has 0 bridgehead atoms. The van der Waals surface area contributed by atoms with Gasteiger partial charge in [0.2, 0.25) is 0 Å². The summed E-state index contributed by atoms with van der Waals surface area (Å²) in [5, 5.41) is 0. The third-order valence-electron chi connectivity index (χ3n) is 3.89. The van der Waals surface area contributed by atoms with Gasteiger partial charge in [0, 0.05) is 6.04 Å². The fraction of sp³-hybridized carbons (Fsp3) is 0.571.